The highest BCUT2D eigenvalue weighted by Crippen LogP contribution is 2.12. The first kappa shape index (κ1) is 10.9. The van der Waals surface area contributed by atoms with E-state index in [1.165, 1.54) is 5.06 Å². The topological polar surface area (TPSA) is 29.5 Å². The second kappa shape index (κ2) is 5.50. The van der Waals surface area contributed by atoms with E-state index in [1.54, 1.807) is 11.8 Å². The van der Waals surface area contributed by atoms with Crippen LogP contribution in [0.15, 0.2) is 0 Å². The minimum absolute atomic E-state index is 0.110. The zero-order valence-corrected chi connectivity index (χ0v) is 9.10. The van der Waals surface area contributed by atoms with Gasteiger partial charge in [-0.15, -0.1) is 11.8 Å². The van der Waals surface area contributed by atoms with Crippen molar-refractivity contribution >= 4 is 17.7 Å². The maximum atomic E-state index is 11.5. The quantitative estimate of drug-likeness (QED) is 0.699. The molecule has 0 unspecified atom stereocenters. The summed E-state index contributed by atoms with van der Waals surface area (Å²) in [5.41, 5.74) is 0. The summed E-state index contributed by atoms with van der Waals surface area (Å²) in [6.45, 7) is 5.64. The zero-order valence-electron chi connectivity index (χ0n) is 8.28. The third-order valence-electron chi connectivity index (χ3n) is 1.82. The van der Waals surface area contributed by atoms with E-state index < -0.39 is 0 Å². The van der Waals surface area contributed by atoms with E-state index in [2.05, 4.69) is 13.8 Å². The van der Waals surface area contributed by atoms with Crippen molar-refractivity contribution in [3.05, 3.63) is 0 Å². The zero-order chi connectivity index (χ0) is 9.68. The van der Waals surface area contributed by atoms with Gasteiger partial charge in [-0.05, 0) is 18.1 Å². The van der Waals surface area contributed by atoms with Crippen molar-refractivity contribution in [1.29, 1.82) is 0 Å². The molecule has 0 aliphatic carbocycles. The molecule has 0 N–H and O–H groups in total. The molecule has 1 heterocycles. The molecule has 1 aliphatic rings. The summed E-state index contributed by atoms with van der Waals surface area (Å²) < 4.78 is 0. The normalized spacial score (nSPS) is 17.9. The molecule has 0 saturated carbocycles. The minimum Gasteiger partial charge on any atom is -0.272 e. The Labute approximate surface area is 83.8 Å². The molecule has 0 spiro atoms. The van der Waals surface area contributed by atoms with Crippen molar-refractivity contribution in [3.8, 4) is 0 Å². The highest BCUT2D eigenvalue weighted by molar-refractivity contribution is 8.00. The summed E-state index contributed by atoms with van der Waals surface area (Å²) in [6, 6.07) is 0. The van der Waals surface area contributed by atoms with Crippen molar-refractivity contribution in [2.75, 3.05) is 18.9 Å². The molecule has 0 aromatic heterocycles. The predicted octanol–water partition coefficient (Wildman–Crippen LogP) is 1.68. The number of carbonyl (C=O) groups is 1. The van der Waals surface area contributed by atoms with Crippen LogP contribution in [0.3, 0.4) is 0 Å². The van der Waals surface area contributed by atoms with Gasteiger partial charge in [0.1, 0.15) is 0 Å². The molecule has 1 rings (SSSR count). The van der Waals surface area contributed by atoms with Gasteiger partial charge in [-0.25, -0.2) is 5.06 Å². The Morgan fingerprint density at radius 2 is 2.31 bits per heavy atom. The molecule has 76 valence electrons. The van der Waals surface area contributed by atoms with Gasteiger partial charge in [0.25, 0.3) is 5.91 Å². The summed E-state index contributed by atoms with van der Waals surface area (Å²) in [4.78, 5) is 16.7. The minimum atomic E-state index is 0.110. The molecule has 0 aromatic rings. The summed E-state index contributed by atoms with van der Waals surface area (Å²) in [5, 5.41) is 2.02. The number of thioether (sulfide) groups is 1. The van der Waals surface area contributed by atoms with Crippen LogP contribution in [-0.2, 0) is 9.63 Å². The molecule has 1 amide bonds. The Bertz CT molecular complexity index is 167. The average molecular weight is 203 g/mol. The van der Waals surface area contributed by atoms with E-state index in [4.69, 9.17) is 4.84 Å². The summed E-state index contributed by atoms with van der Waals surface area (Å²) in [6.07, 6.45) is 2.14. The van der Waals surface area contributed by atoms with Gasteiger partial charge in [0.15, 0.2) is 0 Å². The highest BCUT2D eigenvalue weighted by atomic mass is 32.2. The molecule has 4 heteroatoms. The first-order valence-corrected chi connectivity index (χ1v) is 5.80. The van der Waals surface area contributed by atoms with E-state index in [9.17, 15) is 4.79 Å². The largest absolute Gasteiger partial charge is 0.272 e. The summed E-state index contributed by atoms with van der Waals surface area (Å²) in [7, 11) is 0. The lowest BCUT2D eigenvalue weighted by molar-refractivity contribution is -0.194. The average Bonchev–Trinajstić information content (AvgIpc) is 2.15. The first-order valence-electron chi connectivity index (χ1n) is 4.75. The molecule has 13 heavy (non-hydrogen) atoms. The fourth-order valence-corrected chi connectivity index (χ4v) is 1.72. The standard InChI is InChI=1S/C9H17NO2S/c1-8(2)13-7-9(11)10-5-3-4-6-12-10/h8H,3-7H2,1-2H3. The van der Waals surface area contributed by atoms with E-state index in [0.29, 0.717) is 17.6 Å². The molecule has 0 bridgehead atoms. The maximum Gasteiger partial charge on any atom is 0.256 e. The monoisotopic (exact) mass is 203 g/mol. The van der Waals surface area contributed by atoms with Crippen molar-refractivity contribution < 1.29 is 9.63 Å². The Morgan fingerprint density at radius 3 is 2.85 bits per heavy atom. The van der Waals surface area contributed by atoms with E-state index in [0.717, 1.165) is 19.4 Å². The van der Waals surface area contributed by atoms with Crippen LogP contribution in [0.25, 0.3) is 0 Å². The van der Waals surface area contributed by atoms with E-state index >= 15 is 0 Å². The van der Waals surface area contributed by atoms with Gasteiger partial charge in [0, 0.05) is 6.54 Å². The van der Waals surface area contributed by atoms with Crippen molar-refractivity contribution in [2.45, 2.75) is 31.9 Å². The van der Waals surface area contributed by atoms with Gasteiger partial charge in [-0.1, -0.05) is 13.8 Å². The number of amides is 1. The predicted molar refractivity (Wildman–Crippen MR) is 54.5 cm³/mol. The van der Waals surface area contributed by atoms with Gasteiger partial charge in [-0.2, -0.15) is 0 Å². The number of carbonyl (C=O) groups excluding carboxylic acids is 1. The van der Waals surface area contributed by atoms with Gasteiger partial charge < -0.3 is 0 Å². The second-order valence-corrected chi connectivity index (χ2v) is 4.96. The third kappa shape index (κ3) is 4.00. The van der Waals surface area contributed by atoms with Crippen LogP contribution >= 0.6 is 11.8 Å². The van der Waals surface area contributed by atoms with Crippen molar-refractivity contribution in [2.24, 2.45) is 0 Å². The van der Waals surface area contributed by atoms with E-state index in [1.807, 2.05) is 0 Å². The number of rotatable bonds is 3. The molecule has 3 nitrogen and oxygen atoms in total. The molecule has 0 aromatic carbocycles. The summed E-state index contributed by atoms with van der Waals surface area (Å²) >= 11 is 1.66. The Balaban J connectivity index is 2.21. The lowest BCUT2D eigenvalue weighted by atomic mass is 10.3. The van der Waals surface area contributed by atoms with E-state index in [-0.39, 0.29) is 5.91 Å². The number of hydroxylamine groups is 2. The molecule has 0 atom stereocenters. The SMILES string of the molecule is CC(C)SCC(=O)N1CCCCO1. The van der Waals surface area contributed by atoms with Crippen LogP contribution in [0.4, 0.5) is 0 Å². The number of hydrogen-bond acceptors (Lipinski definition) is 3. The van der Waals surface area contributed by atoms with Gasteiger partial charge in [0.2, 0.25) is 0 Å². The number of hydrogen-bond donors (Lipinski definition) is 0. The van der Waals surface area contributed by atoms with Crippen LogP contribution in [0, 0.1) is 0 Å². The Hall–Kier alpha value is -0.220. The van der Waals surface area contributed by atoms with Gasteiger partial charge in [-0.3, -0.25) is 9.63 Å². The summed E-state index contributed by atoms with van der Waals surface area (Å²) in [5.74, 6) is 0.649. The molecule has 1 saturated heterocycles. The molecule has 0 radical (unpaired) electrons. The van der Waals surface area contributed by atoms with Crippen molar-refractivity contribution in [3.63, 3.8) is 0 Å². The fourth-order valence-electron chi connectivity index (χ4n) is 1.10. The third-order valence-corrected chi connectivity index (χ3v) is 2.90. The van der Waals surface area contributed by atoms with Crippen LogP contribution < -0.4 is 0 Å². The molecule has 1 fully saturated rings. The lowest BCUT2D eigenvalue weighted by Gasteiger charge is -2.25. The smallest absolute Gasteiger partial charge is 0.256 e. The highest BCUT2D eigenvalue weighted by Gasteiger charge is 2.17. The Kier molecular flexibility index (Phi) is 4.59. The maximum absolute atomic E-state index is 11.5. The molecule has 1 aliphatic heterocycles. The molecular formula is C9H17NO2S. The number of nitrogens with zero attached hydrogens (tertiary/aromatic N) is 1. The van der Waals surface area contributed by atoms with Crippen LogP contribution in [0.2, 0.25) is 0 Å². The lowest BCUT2D eigenvalue weighted by Crippen LogP contribution is -2.37. The van der Waals surface area contributed by atoms with Crippen LogP contribution in [0.1, 0.15) is 26.7 Å². The Morgan fingerprint density at radius 1 is 1.54 bits per heavy atom. The van der Waals surface area contributed by atoms with Crippen LogP contribution in [-0.4, -0.2) is 35.1 Å². The van der Waals surface area contributed by atoms with Crippen molar-refractivity contribution in [1.82, 2.24) is 5.06 Å². The van der Waals surface area contributed by atoms with Gasteiger partial charge >= 0.3 is 0 Å². The second-order valence-electron chi connectivity index (χ2n) is 3.40. The van der Waals surface area contributed by atoms with Gasteiger partial charge in [0.05, 0.1) is 12.4 Å². The van der Waals surface area contributed by atoms with Crippen LogP contribution in [0.5, 0.6) is 0 Å². The molecular weight excluding hydrogens is 186 g/mol. The first-order chi connectivity index (χ1) is 6.20. The fraction of sp³-hybridized carbons (Fsp3) is 0.889.